The monoisotopic (exact) mass is 246 g/mol. The van der Waals surface area contributed by atoms with E-state index in [1.807, 2.05) is 0 Å². The van der Waals surface area contributed by atoms with E-state index in [2.05, 4.69) is 5.32 Å². The van der Waals surface area contributed by atoms with Gasteiger partial charge in [-0.1, -0.05) is 0 Å². The van der Waals surface area contributed by atoms with Crippen molar-refractivity contribution in [2.45, 2.75) is 58.2 Å². The smallest absolute Gasteiger partial charge is 0.408 e. The van der Waals surface area contributed by atoms with Crippen molar-refractivity contribution in [3.05, 3.63) is 0 Å². The first-order valence-corrected chi connectivity index (χ1v) is 5.33. The van der Waals surface area contributed by atoms with E-state index in [-0.39, 0.29) is 0 Å². The number of carboxylic acids is 1. The molecule has 0 saturated carbocycles. The first-order valence-electron chi connectivity index (χ1n) is 5.33. The largest absolute Gasteiger partial charge is 0.480 e. The zero-order chi connectivity index (χ0) is 14.1. The van der Waals surface area contributed by atoms with Gasteiger partial charge < -0.3 is 20.9 Å². The molecule has 0 rings (SSSR count). The Bertz CT molecular complexity index is 316. The molecule has 6 heteroatoms. The molecule has 0 fully saturated rings. The summed E-state index contributed by atoms with van der Waals surface area (Å²) in [6, 6.07) is 0. The SMILES string of the molecule is CC(C)(C)OC(=O)NC(C)(C)C(C)(N)C(=O)O. The molecule has 0 spiro atoms. The van der Waals surface area contributed by atoms with Crippen LogP contribution in [-0.4, -0.2) is 33.8 Å². The van der Waals surface area contributed by atoms with Crippen LogP contribution < -0.4 is 11.1 Å². The maximum absolute atomic E-state index is 11.6. The third-order valence-electron chi connectivity index (χ3n) is 2.56. The van der Waals surface area contributed by atoms with Gasteiger partial charge in [0.15, 0.2) is 0 Å². The predicted molar refractivity (Wildman–Crippen MR) is 63.7 cm³/mol. The van der Waals surface area contributed by atoms with Crippen LogP contribution in [0.1, 0.15) is 41.5 Å². The number of amides is 1. The number of hydrogen-bond acceptors (Lipinski definition) is 4. The van der Waals surface area contributed by atoms with Crippen molar-refractivity contribution in [2.75, 3.05) is 0 Å². The number of nitrogens with two attached hydrogens (primary N) is 1. The van der Waals surface area contributed by atoms with Gasteiger partial charge in [-0.05, 0) is 41.5 Å². The number of carboxylic acid groups (broad SMARTS) is 1. The van der Waals surface area contributed by atoms with Crippen LogP contribution in [0, 0.1) is 0 Å². The highest BCUT2D eigenvalue weighted by molar-refractivity contribution is 5.81. The number of carbonyl (C=O) groups is 2. The second kappa shape index (κ2) is 4.52. The Morgan fingerprint density at radius 3 is 1.82 bits per heavy atom. The predicted octanol–water partition coefficient (Wildman–Crippen LogP) is 1.09. The summed E-state index contributed by atoms with van der Waals surface area (Å²) in [5.74, 6) is -1.20. The molecular formula is C11H22N2O4. The van der Waals surface area contributed by atoms with E-state index >= 15 is 0 Å². The Balaban J connectivity index is 4.78. The lowest BCUT2D eigenvalue weighted by Gasteiger charge is -2.38. The highest BCUT2D eigenvalue weighted by atomic mass is 16.6. The van der Waals surface area contributed by atoms with Crippen LogP contribution in [0.2, 0.25) is 0 Å². The van der Waals surface area contributed by atoms with Gasteiger partial charge in [-0.15, -0.1) is 0 Å². The molecule has 0 aliphatic heterocycles. The Labute approximate surface area is 102 Å². The lowest BCUT2D eigenvalue weighted by atomic mass is 9.82. The summed E-state index contributed by atoms with van der Waals surface area (Å²) in [7, 11) is 0. The number of ether oxygens (including phenoxy) is 1. The number of nitrogens with one attached hydrogen (secondary N) is 1. The maximum atomic E-state index is 11.6. The molecule has 0 heterocycles. The van der Waals surface area contributed by atoms with Gasteiger partial charge in [0.1, 0.15) is 11.1 Å². The highest BCUT2D eigenvalue weighted by Crippen LogP contribution is 2.20. The van der Waals surface area contributed by atoms with Gasteiger partial charge in [0.2, 0.25) is 0 Å². The van der Waals surface area contributed by atoms with Crippen molar-refractivity contribution in [3.8, 4) is 0 Å². The number of aliphatic carboxylic acids is 1. The van der Waals surface area contributed by atoms with Crippen LogP contribution in [0.5, 0.6) is 0 Å². The average molecular weight is 246 g/mol. The molecule has 0 aromatic heterocycles. The lowest BCUT2D eigenvalue weighted by molar-refractivity contribution is -0.145. The normalized spacial score (nSPS) is 15.9. The Hall–Kier alpha value is -1.30. The zero-order valence-electron chi connectivity index (χ0n) is 11.2. The molecule has 1 unspecified atom stereocenters. The third-order valence-corrected chi connectivity index (χ3v) is 2.56. The minimum Gasteiger partial charge on any atom is -0.480 e. The second-order valence-corrected chi connectivity index (χ2v) is 5.76. The Morgan fingerprint density at radius 1 is 1.12 bits per heavy atom. The van der Waals surface area contributed by atoms with Crippen molar-refractivity contribution >= 4 is 12.1 Å². The van der Waals surface area contributed by atoms with Crippen LogP contribution in [0.15, 0.2) is 0 Å². The molecule has 0 aliphatic rings. The first-order chi connectivity index (χ1) is 7.29. The molecule has 0 aliphatic carbocycles. The molecule has 100 valence electrons. The molecule has 1 atom stereocenters. The van der Waals surface area contributed by atoms with Crippen LogP contribution in [0.4, 0.5) is 4.79 Å². The Kier molecular flexibility index (Phi) is 4.18. The van der Waals surface area contributed by atoms with Crippen LogP contribution in [-0.2, 0) is 9.53 Å². The molecule has 1 amide bonds. The minimum absolute atomic E-state index is 0.644. The molecular weight excluding hydrogens is 224 g/mol. The Morgan fingerprint density at radius 2 is 1.53 bits per heavy atom. The summed E-state index contributed by atoms with van der Waals surface area (Å²) in [4.78, 5) is 22.6. The first kappa shape index (κ1) is 15.7. The van der Waals surface area contributed by atoms with Gasteiger partial charge in [-0.2, -0.15) is 0 Å². The fourth-order valence-electron chi connectivity index (χ4n) is 0.956. The molecule has 0 aromatic rings. The van der Waals surface area contributed by atoms with Crippen LogP contribution >= 0.6 is 0 Å². The van der Waals surface area contributed by atoms with Crippen molar-refractivity contribution in [1.29, 1.82) is 0 Å². The van der Waals surface area contributed by atoms with Crippen molar-refractivity contribution in [3.63, 3.8) is 0 Å². The quantitative estimate of drug-likeness (QED) is 0.692. The van der Waals surface area contributed by atoms with Crippen LogP contribution in [0.25, 0.3) is 0 Å². The van der Waals surface area contributed by atoms with Gasteiger partial charge in [-0.3, -0.25) is 4.79 Å². The topological polar surface area (TPSA) is 102 Å². The lowest BCUT2D eigenvalue weighted by Crippen LogP contribution is -2.68. The maximum Gasteiger partial charge on any atom is 0.408 e. The zero-order valence-corrected chi connectivity index (χ0v) is 11.2. The molecule has 0 saturated heterocycles. The van der Waals surface area contributed by atoms with Gasteiger partial charge in [0.05, 0.1) is 5.54 Å². The molecule has 6 nitrogen and oxygen atoms in total. The van der Waals surface area contributed by atoms with Crippen molar-refractivity contribution < 1.29 is 19.4 Å². The van der Waals surface area contributed by atoms with Gasteiger partial charge in [0.25, 0.3) is 0 Å². The fraction of sp³-hybridized carbons (Fsp3) is 0.818. The standard InChI is InChI=1S/C11H22N2O4/c1-9(2,3)17-8(16)13-10(4,5)11(6,12)7(14)15/h12H2,1-6H3,(H,13,16)(H,14,15). The molecule has 4 N–H and O–H groups in total. The van der Waals surface area contributed by atoms with E-state index in [4.69, 9.17) is 15.6 Å². The van der Waals surface area contributed by atoms with Gasteiger partial charge >= 0.3 is 12.1 Å². The summed E-state index contributed by atoms with van der Waals surface area (Å²) in [6.45, 7) is 9.57. The van der Waals surface area contributed by atoms with E-state index in [1.54, 1.807) is 20.8 Å². The van der Waals surface area contributed by atoms with E-state index < -0.39 is 28.7 Å². The number of carbonyl (C=O) groups excluding carboxylic acids is 1. The molecule has 0 bridgehead atoms. The molecule has 17 heavy (non-hydrogen) atoms. The highest BCUT2D eigenvalue weighted by Gasteiger charge is 2.46. The molecule has 0 aromatic carbocycles. The van der Waals surface area contributed by atoms with Crippen molar-refractivity contribution in [1.82, 2.24) is 5.32 Å². The summed E-state index contributed by atoms with van der Waals surface area (Å²) in [5.41, 5.74) is 2.30. The van der Waals surface area contributed by atoms with E-state index in [0.29, 0.717) is 0 Å². The van der Waals surface area contributed by atoms with E-state index in [0.717, 1.165) is 0 Å². The molecule has 0 radical (unpaired) electrons. The van der Waals surface area contributed by atoms with Gasteiger partial charge in [0, 0.05) is 0 Å². The summed E-state index contributed by atoms with van der Waals surface area (Å²) >= 11 is 0. The summed E-state index contributed by atoms with van der Waals surface area (Å²) < 4.78 is 5.05. The van der Waals surface area contributed by atoms with Crippen LogP contribution in [0.3, 0.4) is 0 Å². The third kappa shape index (κ3) is 4.22. The number of alkyl carbamates (subject to hydrolysis) is 1. The fourth-order valence-corrected chi connectivity index (χ4v) is 0.956. The summed E-state index contributed by atoms with van der Waals surface area (Å²) in [6.07, 6.45) is -0.694. The van der Waals surface area contributed by atoms with Gasteiger partial charge in [-0.25, -0.2) is 4.79 Å². The second-order valence-electron chi connectivity index (χ2n) is 5.76. The number of hydrogen-bond donors (Lipinski definition) is 3. The minimum atomic E-state index is -1.59. The average Bonchev–Trinajstić information content (AvgIpc) is 1.97. The van der Waals surface area contributed by atoms with Crippen molar-refractivity contribution in [2.24, 2.45) is 5.73 Å². The summed E-state index contributed by atoms with van der Waals surface area (Å²) in [5, 5.41) is 11.5. The van der Waals surface area contributed by atoms with E-state index in [9.17, 15) is 9.59 Å². The van der Waals surface area contributed by atoms with E-state index in [1.165, 1.54) is 20.8 Å². The number of rotatable bonds is 3.